The van der Waals surface area contributed by atoms with E-state index in [2.05, 4.69) is 45.0 Å². The molecule has 1 aliphatic carbocycles. The number of benzene rings is 1. The summed E-state index contributed by atoms with van der Waals surface area (Å²) in [4.78, 5) is 0. The van der Waals surface area contributed by atoms with Crippen LogP contribution in [0.2, 0.25) is 0 Å². The van der Waals surface area contributed by atoms with Gasteiger partial charge in [0.1, 0.15) is 0 Å². The maximum absolute atomic E-state index is 6.60. The van der Waals surface area contributed by atoms with Gasteiger partial charge in [-0.1, -0.05) is 89.1 Å². The Balaban J connectivity index is 2.18. The Morgan fingerprint density at radius 2 is 1.63 bits per heavy atom. The lowest BCUT2D eigenvalue weighted by Crippen LogP contribution is -2.29. The van der Waals surface area contributed by atoms with Gasteiger partial charge in [0, 0.05) is 0 Å². The molecule has 0 unspecified atom stereocenters. The van der Waals surface area contributed by atoms with Crippen molar-refractivity contribution in [1.29, 1.82) is 0 Å². The van der Waals surface area contributed by atoms with Crippen LogP contribution in [0.15, 0.2) is 24.3 Å². The average Bonchev–Trinajstić information content (AvgIpc) is 2.40. The molecule has 0 spiro atoms. The van der Waals surface area contributed by atoms with Crippen molar-refractivity contribution < 1.29 is 0 Å². The van der Waals surface area contributed by atoms with Crippen LogP contribution in [0.4, 0.5) is 0 Å². The molecule has 1 heteroatoms. The van der Waals surface area contributed by atoms with Crippen molar-refractivity contribution in [2.24, 2.45) is 0 Å². The fourth-order valence-corrected chi connectivity index (χ4v) is 3.49. The fraction of sp³-hybridized carbons (Fsp3) is 0.667. The molecule has 0 nitrogen and oxygen atoms in total. The van der Waals surface area contributed by atoms with Crippen molar-refractivity contribution in [2.45, 2.75) is 76.4 Å². The van der Waals surface area contributed by atoms with E-state index in [4.69, 9.17) is 7.85 Å². The molecule has 102 valence electrons. The van der Waals surface area contributed by atoms with Crippen LogP contribution in [-0.2, 0) is 10.7 Å². The van der Waals surface area contributed by atoms with E-state index in [0.717, 1.165) is 12.8 Å². The van der Waals surface area contributed by atoms with Crippen LogP contribution in [-0.4, -0.2) is 7.85 Å². The summed E-state index contributed by atoms with van der Waals surface area (Å²) in [6, 6.07) is 9.15. The van der Waals surface area contributed by atoms with Gasteiger partial charge in [-0.3, -0.25) is 0 Å². The van der Waals surface area contributed by atoms with Crippen molar-refractivity contribution in [3.8, 4) is 0 Å². The summed E-state index contributed by atoms with van der Waals surface area (Å²) in [5.74, 6) is 0. The first-order chi connectivity index (χ1) is 8.98. The monoisotopic (exact) mass is 254 g/mol. The molecule has 0 N–H and O–H groups in total. The molecular weight excluding hydrogens is 227 g/mol. The third-order valence-electron chi connectivity index (χ3n) is 4.86. The standard InChI is InChI=1S/C18H27B/c1-4-12-17(2,3)15-8-10-16(11-9-15)18(19)13-6-5-7-14-18/h8-11H,4-7,12-14H2,1-3H3. The third kappa shape index (κ3) is 3.24. The van der Waals surface area contributed by atoms with Crippen molar-refractivity contribution in [3.05, 3.63) is 35.4 Å². The van der Waals surface area contributed by atoms with Gasteiger partial charge in [0.25, 0.3) is 0 Å². The Kier molecular flexibility index (Phi) is 4.43. The molecule has 2 rings (SSSR count). The van der Waals surface area contributed by atoms with Gasteiger partial charge >= 0.3 is 0 Å². The Morgan fingerprint density at radius 3 is 2.16 bits per heavy atom. The first kappa shape index (κ1) is 14.7. The van der Waals surface area contributed by atoms with Crippen molar-refractivity contribution in [3.63, 3.8) is 0 Å². The molecule has 1 aromatic carbocycles. The highest BCUT2D eigenvalue weighted by atomic mass is 14.3. The lowest BCUT2D eigenvalue weighted by molar-refractivity contribution is 0.397. The Hall–Kier alpha value is -0.715. The highest BCUT2D eigenvalue weighted by molar-refractivity contribution is 6.16. The maximum Gasteiger partial charge on any atom is 0.0810 e. The van der Waals surface area contributed by atoms with Gasteiger partial charge in [-0.25, -0.2) is 0 Å². The molecule has 1 aromatic rings. The molecule has 1 fully saturated rings. The van der Waals surface area contributed by atoms with Crippen LogP contribution in [0, 0.1) is 0 Å². The van der Waals surface area contributed by atoms with E-state index in [0.29, 0.717) is 0 Å². The molecule has 1 aliphatic rings. The van der Waals surface area contributed by atoms with Crippen molar-refractivity contribution in [1.82, 2.24) is 0 Å². The van der Waals surface area contributed by atoms with E-state index >= 15 is 0 Å². The van der Waals surface area contributed by atoms with Gasteiger partial charge in [-0.05, 0) is 22.7 Å². The van der Waals surface area contributed by atoms with Gasteiger partial charge in [-0.2, -0.15) is 0 Å². The predicted octanol–water partition coefficient (Wildman–Crippen LogP) is 5.09. The lowest BCUT2D eigenvalue weighted by atomic mass is 9.56. The molecule has 0 aliphatic heterocycles. The van der Waals surface area contributed by atoms with Crippen LogP contribution in [0.25, 0.3) is 0 Å². The fourth-order valence-electron chi connectivity index (χ4n) is 3.49. The van der Waals surface area contributed by atoms with E-state index < -0.39 is 0 Å². The van der Waals surface area contributed by atoms with E-state index in [-0.39, 0.29) is 10.7 Å². The van der Waals surface area contributed by atoms with Gasteiger partial charge in [0.05, 0.1) is 7.85 Å². The molecular formula is C18H27B. The number of hydrogen-bond acceptors (Lipinski definition) is 0. The Labute approximate surface area is 120 Å². The summed E-state index contributed by atoms with van der Waals surface area (Å²) in [6.07, 6.45) is 8.66. The average molecular weight is 254 g/mol. The molecule has 0 atom stereocenters. The van der Waals surface area contributed by atoms with E-state index in [1.54, 1.807) is 0 Å². The third-order valence-corrected chi connectivity index (χ3v) is 4.86. The predicted molar refractivity (Wildman–Crippen MR) is 84.9 cm³/mol. The quantitative estimate of drug-likeness (QED) is 0.656. The minimum absolute atomic E-state index is 0.0638. The summed E-state index contributed by atoms with van der Waals surface area (Å²) >= 11 is 0. The Morgan fingerprint density at radius 1 is 1.05 bits per heavy atom. The highest BCUT2D eigenvalue weighted by Gasteiger charge is 2.28. The second-order valence-electron chi connectivity index (χ2n) is 6.93. The zero-order valence-electron chi connectivity index (χ0n) is 12.8. The summed E-state index contributed by atoms with van der Waals surface area (Å²) < 4.78 is 0. The SMILES string of the molecule is [B]C1(c2ccc(C(C)(C)CCC)cc2)CCCCC1. The van der Waals surface area contributed by atoms with E-state index in [1.165, 1.54) is 43.2 Å². The van der Waals surface area contributed by atoms with E-state index in [9.17, 15) is 0 Å². The topological polar surface area (TPSA) is 0 Å². The van der Waals surface area contributed by atoms with Crippen LogP contribution in [0.3, 0.4) is 0 Å². The zero-order valence-corrected chi connectivity index (χ0v) is 12.8. The maximum atomic E-state index is 6.60. The minimum Gasteiger partial charge on any atom is -0.0654 e. The van der Waals surface area contributed by atoms with Crippen LogP contribution >= 0.6 is 0 Å². The molecule has 2 radical (unpaired) electrons. The Bertz CT molecular complexity index is 396. The smallest absolute Gasteiger partial charge is 0.0654 e. The molecule has 1 saturated carbocycles. The molecule has 0 saturated heterocycles. The van der Waals surface area contributed by atoms with E-state index in [1.807, 2.05) is 0 Å². The van der Waals surface area contributed by atoms with Crippen LogP contribution in [0.5, 0.6) is 0 Å². The summed E-state index contributed by atoms with van der Waals surface area (Å²) in [7, 11) is 6.60. The van der Waals surface area contributed by atoms with Gasteiger partial charge in [0.2, 0.25) is 0 Å². The second kappa shape index (κ2) is 5.73. The molecule has 0 heterocycles. The molecule has 19 heavy (non-hydrogen) atoms. The molecule has 0 amide bonds. The normalized spacial score (nSPS) is 19.3. The molecule has 0 aromatic heterocycles. The summed E-state index contributed by atoms with van der Waals surface area (Å²) in [5, 5.41) is -0.0638. The van der Waals surface area contributed by atoms with Crippen LogP contribution in [0.1, 0.15) is 76.8 Å². The second-order valence-corrected chi connectivity index (χ2v) is 6.93. The number of rotatable bonds is 4. The van der Waals surface area contributed by atoms with Crippen LogP contribution < -0.4 is 0 Å². The van der Waals surface area contributed by atoms with Gasteiger partial charge in [0.15, 0.2) is 0 Å². The van der Waals surface area contributed by atoms with Crippen molar-refractivity contribution in [2.75, 3.05) is 0 Å². The van der Waals surface area contributed by atoms with Gasteiger partial charge in [-0.15, -0.1) is 0 Å². The molecule has 0 bridgehead atoms. The summed E-state index contributed by atoms with van der Waals surface area (Å²) in [6.45, 7) is 6.93. The number of hydrogen-bond donors (Lipinski definition) is 0. The van der Waals surface area contributed by atoms with Crippen molar-refractivity contribution >= 4 is 7.85 Å². The summed E-state index contributed by atoms with van der Waals surface area (Å²) in [5.41, 5.74) is 3.06. The minimum atomic E-state index is -0.0638. The zero-order chi connectivity index (χ0) is 13.9. The largest absolute Gasteiger partial charge is 0.0810 e. The lowest BCUT2D eigenvalue weighted by Gasteiger charge is -2.35. The first-order valence-corrected chi connectivity index (χ1v) is 7.88. The first-order valence-electron chi connectivity index (χ1n) is 7.88. The highest BCUT2D eigenvalue weighted by Crippen LogP contribution is 2.37. The van der Waals surface area contributed by atoms with Gasteiger partial charge < -0.3 is 0 Å².